The zero-order chi connectivity index (χ0) is 7.72. The molecule has 0 aliphatic carbocycles. The molecule has 2 N–H and O–H groups in total. The zero-order valence-electron chi connectivity index (χ0n) is 5.49. The third kappa shape index (κ3) is 1.42. The van der Waals surface area contributed by atoms with E-state index in [0.29, 0.717) is 5.69 Å². The molecule has 0 heterocycles. The minimum Gasteiger partial charge on any atom is -0.399 e. The van der Waals surface area contributed by atoms with Crippen LogP contribution in [0.5, 0.6) is 0 Å². The number of rotatable bonds is 0. The fraction of sp³-hybridized carbons (Fsp3) is 0. The molecule has 48 valence electrons. The standard InChI is InChI=1S/C6H5BrFN/c7-5-3-4(9)1-2-6(5)8/h1-3H,9H2/i2D. The van der Waals surface area contributed by atoms with Crippen molar-refractivity contribution in [3.05, 3.63) is 28.5 Å². The maximum atomic E-state index is 12.6. The highest BCUT2D eigenvalue weighted by atomic mass is 79.9. The molecule has 0 aliphatic rings. The van der Waals surface area contributed by atoms with Gasteiger partial charge in [-0.15, -0.1) is 0 Å². The van der Waals surface area contributed by atoms with Crippen molar-refractivity contribution in [3.8, 4) is 0 Å². The molecule has 0 fully saturated rings. The molecule has 0 saturated heterocycles. The van der Waals surface area contributed by atoms with E-state index in [2.05, 4.69) is 15.9 Å². The van der Waals surface area contributed by atoms with E-state index in [1.807, 2.05) is 0 Å². The van der Waals surface area contributed by atoms with Crippen molar-refractivity contribution < 1.29 is 5.76 Å². The first-order chi connectivity index (χ1) is 4.61. The number of hydrogen-bond acceptors (Lipinski definition) is 1. The molecule has 0 atom stereocenters. The van der Waals surface area contributed by atoms with Gasteiger partial charge in [-0.05, 0) is 34.1 Å². The third-order valence-electron chi connectivity index (χ3n) is 0.869. The molecule has 0 spiro atoms. The monoisotopic (exact) mass is 190 g/mol. The summed E-state index contributed by atoms with van der Waals surface area (Å²) in [6.45, 7) is 0. The highest BCUT2D eigenvalue weighted by Crippen LogP contribution is 2.17. The quantitative estimate of drug-likeness (QED) is 0.624. The summed E-state index contributed by atoms with van der Waals surface area (Å²) < 4.78 is 19.9. The number of anilines is 1. The van der Waals surface area contributed by atoms with E-state index in [1.165, 1.54) is 12.1 Å². The predicted molar refractivity (Wildman–Crippen MR) is 38.5 cm³/mol. The van der Waals surface area contributed by atoms with Crippen LogP contribution in [0.2, 0.25) is 0 Å². The van der Waals surface area contributed by atoms with Crippen LogP contribution < -0.4 is 5.73 Å². The molecule has 9 heavy (non-hydrogen) atoms. The van der Waals surface area contributed by atoms with E-state index in [9.17, 15) is 4.39 Å². The summed E-state index contributed by atoms with van der Waals surface area (Å²) in [5.41, 5.74) is 5.70. The normalized spacial score (nSPS) is 11.1. The summed E-state index contributed by atoms with van der Waals surface area (Å²) in [4.78, 5) is 0. The van der Waals surface area contributed by atoms with Gasteiger partial charge in [0.15, 0.2) is 0 Å². The van der Waals surface area contributed by atoms with Crippen molar-refractivity contribution >= 4 is 21.6 Å². The average Bonchev–Trinajstić information content (AvgIpc) is 1.82. The van der Waals surface area contributed by atoms with Gasteiger partial charge in [-0.25, -0.2) is 4.39 Å². The van der Waals surface area contributed by atoms with Gasteiger partial charge in [0.25, 0.3) is 0 Å². The topological polar surface area (TPSA) is 26.0 Å². The molecule has 0 amide bonds. The predicted octanol–water partition coefficient (Wildman–Crippen LogP) is 2.17. The van der Waals surface area contributed by atoms with Crippen LogP contribution in [0.4, 0.5) is 10.1 Å². The van der Waals surface area contributed by atoms with Gasteiger partial charge in [-0.3, -0.25) is 0 Å². The Kier molecular flexibility index (Phi) is 1.37. The maximum Gasteiger partial charge on any atom is 0.137 e. The molecule has 0 bridgehead atoms. The lowest BCUT2D eigenvalue weighted by atomic mass is 10.3. The van der Waals surface area contributed by atoms with Crippen LogP contribution in [-0.2, 0) is 0 Å². The van der Waals surface area contributed by atoms with Gasteiger partial charge >= 0.3 is 0 Å². The van der Waals surface area contributed by atoms with Crippen LogP contribution in [-0.4, -0.2) is 0 Å². The van der Waals surface area contributed by atoms with Crippen molar-refractivity contribution in [2.45, 2.75) is 0 Å². The lowest BCUT2D eigenvalue weighted by Crippen LogP contribution is -1.84. The van der Waals surface area contributed by atoms with Gasteiger partial charge in [0.2, 0.25) is 0 Å². The summed E-state index contributed by atoms with van der Waals surface area (Å²) in [7, 11) is 0. The van der Waals surface area contributed by atoms with Crippen LogP contribution in [0.3, 0.4) is 0 Å². The SMILES string of the molecule is [2H]c1cc(N)cc(Br)c1F. The minimum absolute atomic E-state index is 0.188. The smallest absolute Gasteiger partial charge is 0.137 e. The van der Waals surface area contributed by atoms with Crippen molar-refractivity contribution in [2.75, 3.05) is 5.73 Å². The Bertz CT molecular complexity index is 241. The Labute approximate surface area is 62.2 Å². The summed E-state index contributed by atoms with van der Waals surface area (Å²) in [5.74, 6) is -0.575. The van der Waals surface area contributed by atoms with Gasteiger partial charge in [0.05, 0.1) is 5.84 Å². The second kappa shape index (κ2) is 2.35. The van der Waals surface area contributed by atoms with E-state index in [4.69, 9.17) is 7.10 Å². The van der Waals surface area contributed by atoms with Crippen LogP contribution in [0, 0.1) is 5.82 Å². The molecule has 1 aromatic carbocycles. The maximum absolute atomic E-state index is 12.6. The molecule has 0 unspecified atom stereocenters. The van der Waals surface area contributed by atoms with Crippen LogP contribution >= 0.6 is 15.9 Å². The average molecular weight is 191 g/mol. The largest absolute Gasteiger partial charge is 0.399 e. The van der Waals surface area contributed by atoms with Crippen molar-refractivity contribution in [3.63, 3.8) is 0 Å². The van der Waals surface area contributed by atoms with Crippen molar-refractivity contribution in [1.29, 1.82) is 0 Å². The van der Waals surface area contributed by atoms with Gasteiger partial charge in [-0.2, -0.15) is 0 Å². The minimum atomic E-state index is -0.575. The summed E-state index contributed by atoms with van der Waals surface area (Å²) in [6, 6.07) is 2.50. The van der Waals surface area contributed by atoms with E-state index >= 15 is 0 Å². The first-order valence-electron chi connectivity index (χ1n) is 2.82. The van der Waals surface area contributed by atoms with E-state index in [1.54, 1.807) is 0 Å². The fourth-order valence-electron chi connectivity index (χ4n) is 0.467. The van der Waals surface area contributed by atoms with Crippen LogP contribution in [0.1, 0.15) is 1.37 Å². The molecular weight excluding hydrogens is 185 g/mol. The van der Waals surface area contributed by atoms with E-state index in [0.717, 1.165) is 0 Å². The third-order valence-corrected chi connectivity index (χ3v) is 1.45. The molecular formula is C6H5BrFN. The molecule has 3 heteroatoms. The number of benzene rings is 1. The fourth-order valence-corrected chi connectivity index (χ4v) is 0.846. The summed E-state index contributed by atoms with van der Waals surface area (Å²) >= 11 is 2.92. The summed E-state index contributed by atoms with van der Waals surface area (Å²) in [6.07, 6.45) is 0. The zero-order valence-corrected chi connectivity index (χ0v) is 6.07. The summed E-state index contributed by atoms with van der Waals surface area (Å²) in [5, 5.41) is 0. The molecule has 0 saturated carbocycles. The molecule has 1 nitrogen and oxygen atoms in total. The highest BCUT2D eigenvalue weighted by Gasteiger charge is 1.95. The first kappa shape index (κ1) is 5.23. The molecule has 0 aromatic heterocycles. The van der Waals surface area contributed by atoms with Gasteiger partial charge in [0, 0.05) is 5.69 Å². The molecule has 1 rings (SSSR count). The van der Waals surface area contributed by atoms with Crippen molar-refractivity contribution in [1.82, 2.24) is 0 Å². The van der Waals surface area contributed by atoms with Gasteiger partial charge in [-0.1, -0.05) is 0 Å². The Hall–Kier alpha value is -0.570. The van der Waals surface area contributed by atoms with E-state index < -0.39 is 5.82 Å². The molecule has 0 radical (unpaired) electrons. The van der Waals surface area contributed by atoms with Gasteiger partial charge < -0.3 is 5.73 Å². The second-order valence-electron chi connectivity index (χ2n) is 1.59. The highest BCUT2D eigenvalue weighted by molar-refractivity contribution is 9.10. The Balaban J connectivity index is 3.31. The Morgan fingerprint density at radius 3 is 3.00 bits per heavy atom. The number of halogens is 2. The Morgan fingerprint density at radius 1 is 1.78 bits per heavy atom. The van der Waals surface area contributed by atoms with Gasteiger partial charge in [0.1, 0.15) is 5.82 Å². The second-order valence-corrected chi connectivity index (χ2v) is 2.45. The Morgan fingerprint density at radius 2 is 2.44 bits per heavy atom. The first-order valence-corrected chi connectivity index (χ1v) is 3.11. The lowest BCUT2D eigenvalue weighted by molar-refractivity contribution is 0.621. The van der Waals surface area contributed by atoms with Crippen LogP contribution in [0.15, 0.2) is 22.6 Å². The number of nitrogens with two attached hydrogens (primary N) is 1. The van der Waals surface area contributed by atoms with Crippen LogP contribution in [0.25, 0.3) is 0 Å². The number of hydrogen-bond donors (Lipinski definition) is 1. The molecule has 0 aliphatic heterocycles. The van der Waals surface area contributed by atoms with E-state index in [-0.39, 0.29) is 10.5 Å². The molecule has 1 aromatic rings. The number of nitrogen functional groups attached to an aromatic ring is 1. The lowest BCUT2D eigenvalue weighted by Gasteiger charge is -1.93. The van der Waals surface area contributed by atoms with Crippen molar-refractivity contribution in [2.24, 2.45) is 0 Å².